The smallest absolute Gasteiger partial charge is 0.251 e. The number of hydrogen-bond acceptors (Lipinski definition) is 6. The first kappa shape index (κ1) is 20.6. The van der Waals surface area contributed by atoms with Crippen molar-refractivity contribution in [2.75, 3.05) is 5.32 Å². The number of fused-ring (bicyclic) bond motifs is 1. The molecule has 3 aromatic rings. The normalized spacial score (nSPS) is 13.8. The highest BCUT2D eigenvalue weighted by Gasteiger charge is 2.27. The van der Waals surface area contributed by atoms with Crippen LogP contribution in [0.5, 0.6) is 0 Å². The van der Waals surface area contributed by atoms with Crippen LogP contribution in [0.25, 0.3) is 5.69 Å². The molecule has 1 aromatic carbocycles. The Labute approximate surface area is 183 Å². The molecule has 1 aliphatic carbocycles. The maximum atomic E-state index is 12.9. The molecule has 4 rings (SSSR count). The molecule has 0 spiro atoms. The highest BCUT2D eigenvalue weighted by molar-refractivity contribution is 8.00. The van der Waals surface area contributed by atoms with Crippen molar-refractivity contribution in [1.29, 1.82) is 0 Å². The first-order valence-corrected chi connectivity index (χ1v) is 11.4. The van der Waals surface area contributed by atoms with E-state index in [4.69, 9.17) is 5.73 Å². The summed E-state index contributed by atoms with van der Waals surface area (Å²) in [6.45, 7) is 5.92. The minimum Gasteiger partial charge on any atom is -0.365 e. The molecule has 0 saturated heterocycles. The second-order valence-corrected chi connectivity index (χ2v) is 9.79. The van der Waals surface area contributed by atoms with Crippen LogP contribution in [0.1, 0.15) is 45.3 Å². The molecular formula is C21H23N5O2S2. The first-order valence-electron chi connectivity index (χ1n) is 9.75. The highest BCUT2D eigenvalue weighted by Crippen LogP contribution is 2.39. The lowest BCUT2D eigenvalue weighted by atomic mass is 10.1. The number of thioether (sulfide) groups is 1. The van der Waals surface area contributed by atoms with E-state index >= 15 is 0 Å². The lowest BCUT2D eigenvalue weighted by Crippen LogP contribution is -2.24. The van der Waals surface area contributed by atoms with Crippen LogP contribution >= 0.6 is 23.1 Å². The Morgan fingerprint density at radius 3 is 2.87 bits per heavy atom. The van der Waals surface area contributed by atoms with Crippen molar-refractivity contribution in [3.8, 4) is 5.69 Å². The van der Waals surface area contributed by atoms with Crippen LogP contribution in [0.3, 0.4) is 0 Å². The molecule has 2 amide bonds. The molecular weight excluding hydrogens is 418 g/mol. The van der Waals surface area contributed by atoms with E-state index in [1.165, 1.54) is 28.7 Å². The number of nitrogens with zero attached hydrogens (tertiary/aromatic N) is 3. The Balaban J connectivity index is 1.53. The first-order chi connectivity index (χ1) is 14.4. The summed E-state index contributed by atoms with van der Waals surface area (Å²) in [5.74, 6) is -0.683. The third-order valence-corrected chi connectivity index (χ3v) is 7.67. The number of carbonyl (C=O) groups is 2. The molecule has 30 heavy (non-hydrogen) atoms. The Kier molecular flexibility index (Phi) is 5.66. The fourth-order valence-electron chi connectivity index (χ4n) is 3.64. The van der Waals surface area contributed by atoms with E-state index in [0.29, 0.717) is 15.7 Å². The quantitative estimate of drug-likeness (QED) is 0.569. The van der Waals surface area contributed by atoms with Gasteiger partial charge in [0.15, 0.2) is 5.16 Å². The van der Waals surface area contributed by atoms with Crippen molar-refractivity contribution < 1.29 is 9.59 Å². The zero-order chi connectivity index (χ0) is 21.4. The fraction of sp³-hybridized carbons (Fsp3) is 0.333. The van der Waals surface area contributed by atoms with E-state index in [-0.39, 0.29) is 5.91 Å². The van der Waals surface area contributed by atoms with Crippen LogP contribution < -0.4 is 11.1 Å². The summed E-state index contributed by atoms with van der Waals surface area (Å²) in [6, 6.07) is 6.05. The maximum Gasteiger partial charge on any atom is 0.251 e. The van der Waals surface area contributed by atoms with Crippen molar-refractivity contribution in [3.05, 3.63) is 51.7 Å². The Bertz CT molecular complexity index is 1130. The summed E-state index contributed by atoms with van der Waals surface area (Å²) in [7, 11) is 0. The number of rotatable bonds is 6. The van der Waals surface area contributed by atoms with E-state index in [2.05, 4.69) is 35.4 Å². The monoisotopic (exact) mass is 441 g/mol. The largest absolute Gasteiger partial charge is 0.365 e. The molecule has 0 bridgehead atoms. The number of nitrogens with two attached hydrogens (primary N) is 1. The minimum atomic E-state index is -0.486. The van der Waals surface area contributed by atoms with Gasteiger partial charge in [0.05, 0.1) is 16.5 Å². The molecule has 0 radical (unpaired) electrons. The number of hydrogen-bond donors (Lipinski definition) is 2. The summed E-state index contributed by atoms with van der Waals surface area (Å²) in [5.41, 5.74) is 10.4. The number of amides is 2. The van der Waals surface area contributed by atoms with Crippen molar-refractivity contribution in [2.45, 2.75) is 50.4 Å². The standard InChI is InChI=1S/C21H23N5O2S2/c1-11-6-4-8-15(12(11)2)26-10-23-25-21(26)29-13(3)19(28)24-20-17(18(22)27)14-7-5-9-16(14)30-20/h4,6,8,10,13H,5,7,9H2,1-3H3,(H2,22,27)(H,24,28). The van der Waals surface area contributed by atoms with Gasteiger partial charge in [0.2, 0.25) is 5.91 Å². The number of anilines is 1. The van der Waals surface area contributed by atoms with Crippen LogP contribution in [0.4, 0.5) is 5.00 Å². The van der Waals surface area contributed by atoms with E-state index < -0.39 is 11.2 Å². The number of nitrogens with one attached hydrogen (secondary N) is 1. The summed E-state index contributed by atoms with van der Waals surface area (Å²) in [5, 5.41) is 11.9. The topological polar surface area (TPSA) is 103 Å². The molecule has 156 valence electrons. The zero-order valence-electron chi connectivity index (χ0n) is 17.1. The van der Waals surface area contributed by atoms with Gasteiger partial charge >= 0.3 is 0 Å². The van der Waals surface area contributed by atoms with Gasteiger partial charge in [-0.1, -0.05) is 23.9 Å². The zero-order valence-corrected chi connectivity index (χ0v) is 18.7. The summed E-state index contributed by atoms with van der Waals surface area (Å²) < 4.78 is 1.89. The molecule has 9 heteroatoms. The van der Waals surface area contributed by atoms with Crippen molar-refractivity contribution in [2.24, 2.45) is 5.73 Å². The summed E-state index contributed by atoms with van der Waals surface area (Å²) in [6.07, 6.45) is 4.45. The predicted molar refractivity (Wildman–Crippen MR) is 120 cm³/mol. The average Bonchev–Trinajstić information content (AvgIpc) is 3.39. The van der Waals surface area contributed by atoms with Gasteiger partial charge in [0.1, 0.15) is 11.3 Å². The lowest BCUT2D eigenvalue weighted by Gasteiger charge is -2.14. The van der Waals surface area contributed by atoms with E-state index in [1.54, 1.807) is 6.33 Å². The molecule has 2 heterocycles. The van der Waals surface area contributed by atoms with Gasteiger partial charge in [-0.2, -0.15) is 0 Å². The van der Waals surface area contributed by atoms with Crippen molar-refractivity contribution in [1.82, 2.24) is 14.8 Å². The number of aromatic nitrogens is 3. The number of carbonyl (C=O) groups excluding carboxylic acids is 2. The fourth-order valence-corrected chi connectivity index (χ4v) is 5.78. The third kappa shape index (κ3) is 3.75. The number of primary amides is 1. The van der Waals surface area contributed by atoms with Crippen LogP contribution in [0.15, 0.2) is 29.7 Å². The molecule has 0 saturated carbocycles. The number of aryl methyl sites for hydroxylation is 2. The molecule has 7 nitrogen and oxygen atoms in total. The van der Waals surface area contributed by atoms with Crippen molar-refractivity contribution in [3.63, 3.8) is 0 Å². The molecule has 3 N–H and O–H groups in total. The molecule has 1 unspecified atom stereocenters. The maximum absolute atomic E-state index is 12.9. The summed E-state index contributed by atoms with van der Waals surface area (Å²) >= 11 is 2.78. The van der Waals surface area contributed by atoms with Gasteiger partial charge in [0, 0.05) is 4.88 Å². The second kappa shape index (κ2) is 8.23. The van der Waals surface area contributed by atoms with Crippen LogP contribution in [-0.4, -0.2) is 31.8 Å². The van der Waals surface area contributed by atoms with Gasteiger partial charge in [-0.3, -0.25) is 14.2 Å². The molecule has 1 atom stereocenters. The predicted octanol–water partition coefficient (Wildman–Crippen LogP) is 3.65. The second-order valence-electron chi connectivity index (χ2n) is 7.38. The molecule has 2 aromatic heterocycles. The number of benzene rings is 1. The highest BCUT2D eigenvalue weighted by atomic mass is 32.2. The Morgan fingerprint density at radius 2 is 2.10 bits per heavy atom. The van der Waals surface area contributed by atoms with Gasteiger partial charge in [-0.15, -0.1) is 21.5 Å². The van der Waals surface area contributed by atoms with E-state index in [1.807, 2.05) is 23.6 Å². The number of thiophene rings is 1. The Hall–Kier alpha value is -2.65. The van der Waals surface area contributed by atoms with Gasteiger partial charge in [0.25, 0.3) is 5.91 Å². The van der Waals surface area contributed by atoms with Crippen LogP contribution in [0.2, 0.25) is 0 Å². The summed E-state index contributed by atoms with van der Waals surface area (Å²) in [4.78, 5) is 26.0. The van der Waals surface area contributed by atoms with Crippen LogP contribution in [0, 0.1) is 13.8 Å². The van der Waals surface area contributed by atoms with Gasteiger partial charge in [-0.05, 0) is 62.8 Å². The van der Waals surface area contributed by atoms with Crippen LogP contribution in [-0.2, 0) is 17.6 Å². The molecule has 0 aliphatic heterocycles. The van der Waals surface area contributed by atoms with Crippen molar-refractivity contribution >= 4 is 39.9 Å². The van der Waals surface area contributed by atoms with Gasteiger partial charge < -0.3 is 11.1 Å². The van der Waals surface area contributed by atoms with Gasteiger partial charge in [-0.25, -0.2) is 0 Å². The van der Waals surface area contributed by atoms with E-state index in [9.17, 15) is 9.59 Å². The average molecular weight is 442 g/mol. The SMILES string of the molecule is Cc1cccc(-n2cnnc2SC(C)C(=O)Nc2sc3c(c2C(N)=O)CCC3)c1C. The Morgan fingerprint density at radius 1 is 1.30 bits per heavy atom. The minimum absolute atomic E-state index is 0.196. The molecule has 0 fully saturated rings. The lowest BCUT2D eigenvalue weighted by molar-refractivity contribution is -0.115. The molecule has 1 aliphatic rings. The third-order valence-electron chi connectivity index (χ3n) is 5.41. The van der Waals surface area contributed by atoms with E-state index in [0.717, 1.165) is 41.0 Å².